The molecule has 0 radical (unpaired) electrons. The quantitative estimate of drug-likeness (QED) is 0.770. The number of rotatable bonds is 8. The molecule has 0 aliphatic carbocycles. The van der Waals surface area contributed by atoms with Gasteiger partial charge in [-0.15, -0.1) is 0 Å². The van der Waals surface area contributed by atoms with Crippen LogP contribution in [0.5, 0.6) is 0 Å². The Hall–Kier alpha value is -2.34. The lowest BCUT2D eigenvalue weighted by Gasteiger charge is -2.25. The van der Waals surface area contributed by atoms with Crippen LogP contribution >= 0.6 is 0 Å². The maximum Gasteiger partial charge on any atom is 0.241 e. The third kappa shape index (κ3) is 5.88. The van der Waals surface area contributed by atoms with Crippen LogP contribution in [0.4, 0.5) is 5.69 Å². The summed E-state index contributed by atoms with van der Waals surface area (Å²) in [5.74, 6) is 0.0643. The fourth-order valence-electron chi connectivity index (χ4n) is 2.80. The second-order valence-corrected chi connectivity index (χ2v) is 8.67. The van der Waals surface area contributed by atoms with Crippen LogP contribution in [0.2, 0.25) is 0 Å². The number of para-hydroxylation sites is 1. The van der Waals surface area contributed by atoms with Crippen molar-refractivity contribution >= 4 is 21.6 Å². The van der Waals surface area contributed by atoms with Crippen LogP contribution in [-0.2, 0) is 14.8 Å². The Balaban J connectivity index is 2.17. The van der Waals surface area contributed by atoms with Crippen LogP contribution in [-0.4, -0.2) is 27.1 Å². The van der Waals surface area contributed by atoms with Crippen molar-refractivity contribution < 1.29 is 13.2 Å². The van der Waals surface area contributed by atoms with E-state index in [9.17, 15) is 13.2 Å². The summed E-state index contributed by atoms with van der Waals surface area (Å²) in [5, 5.41) is 2.99. The normalized spacial score (nSPS) is 12.6. The third-order valence-corrected chi connectivity index (χ3v) is 5.12. The number of anilines is 1. The smallest absolute Gasteiger partial charge is 0.241 e. The number of nitrogens with one attached hydrogen (secondary N) is 1. The SMILES string of the molecule is CC(C)CC(NC(=O)CN(c1ccccc1)S(C)(=O)=O)c1ccccc1. The summed E-state index contributed by atoms with van der Waals surface area (Å²) >= 11 is 0. The fraction of sp³-hybridized carbons (Fsp3) is 0.350. The highest BCUT2D eigenvalue weighted by atomic mass is 32.2. The van der Waals surface area contributed by atoms with E-state index in [2.05, 4.69) is 19.2 Å². The number of hydrogen-bond acceptors (Lipinski definition) is 3. The molecule has 2 aromatic rings. The van der Waals surface area contributed by atoms with Gasteiger partial charge < -0.3 is 5.32 Å². The lowest BCUT2D eigenvalue weighted by Crippen LogP contribution is -2.41. The molecule has 5 nitrogen and oxygen atoms in total. The molecule has 2 aromatic carbocycles. The van der Waals surface area contributed by atoms with Crippen LogP contribution < -0.4 is 9.62 Å². The summed E-state index contributed by atoms with van der Waals surface area (Å²) in [6, 6.07) is 18.2. The van der Waals surface area contributed by atoms with Gasteiger partial charge in [0, 0.05) is 0 Å². The summed E-state index contributed by atoms with van der Waals surface area (Å²) in [7, 11) is -3.56. The third-order valence-electron chi connectivity index (χ3n) is 3.98. The number of carbonyl (C=O) groups is 1. The Morgan fingerprint density at radius 3 is 2.04 bits per heavy atom. The van der Waals surface area contributed by atoms with Crippen molar-refractivity contribution in [2.75, 3.05) is 17.1 Å². The number of sulfonamides is 1. The first-order valence-electron chi connectivity index (χ1n) is 8.64. The molecule has 0 heterocycles. The first-order valence-corrected chi connectivity index (χ1v) is 10.5. The zero-order chi connectivity index (χ0) is 19.2. The van der Waals surface area contributed by atoms with E-state index in [-0.39, 0.29) is 18.5 Å². The standard InChI is InChI=1S/C20H26N2O3S/c1-16(2)14-19(17-10-6-4-7-11-17)21-20(23)15-22(26(3,24)25)18-12-8-5-9-13-18/h4-13,16,19H,14-15H2,1-3H3,(H,21,23). The molecule has 0 spiro atoms. The van der Waals surface area contributed by atoms with Gasteiger partial charge in [-0.2, -0.15) is 0 Å². The summed E-state index contributed by atoms with van der Waals surface area (Å²) in [4.78, 5) is 12.6. The van der Waals surface area contributed by atoms with Gasteiger partial charge >= 0.3 is 0 Å². The van der Waals surface area contributed by atoms with E-state index in [1.54, 1.807) is 30.3 Å². The van der Waals surface area contributed by atoms with Crippen LogP contribution in [0.25, 0.3) is 0 Å². The van der Waals surface area contributed by atoms with E-state index in [4.69, 9.17) is 0 Å². The topological polar surface area (TPSA) is 66.5 Å². The van der Waals surface area contributed by atoms with Gasteiger partial charge in [0.05, 0.1) is 18.0 Å². The van der Waals surface area contributed by atoms with Crippen LogP contribution in [0.3, 0.4) is 0 Å². The first-order chi connectivity index (χ1) is 12.3. The van der Waals surface area contributed by atoms with Crippen molar-refractivity contribution in [3.63, 3.8) is 0 Å². The van der Waals surface area contributed by atoms with E-state index < -0.39 is 10.0 Å². The molecule has 140 valence electrons. The summed E-state index contributed by atoms with van der Waals surface area (Å²) in [6.07, 6.45) is 1.88. The Bertz CT molecular complexity index is 805. The van der Waals surface area contributed by atoms with Crippen LogP contribution in [0, 0.1) is 5.92 Å². The second kappa shape index (κ2) is 8.85. The van der Waals surface area contributed by atoms with Crippen LogP contribution in [0.1, 0.15) is 31.9 Å². The number of hydrogen-bond donors (Lipinski definition) is 1. The maximum atomic E-state index is 12.6. The Labute approximate surface area is 156 Å². The Morgan fingerprint density at radius 1 is 1.00 bits per heavy atom. The molecule has 0 bridgehead atoms. The first kappa shape index (κ1) is 20.0. The average Bonchev–Trinajstić information content (AvgIpc) is 2.59. The van der Waals surface area contributed by atoms with Crippen molar-refractivity contribution in [3.05, 3.63) is 66.2 Å². The minimum absolute atomic E-state index is 0.152. The fourth-order valence-corrected chi connectivity index (χ4v) is 3.66. The van der Waals surface area contributed by atoms with Gasteiger partial charge in [-0.05, 0) is 30.0 Å². The molecule has 0 saturated heterocycles. The van der Waals surface area contributed by atoms with E-state index >= 15 is 0 Å². The number of carbonyl (C=O) groups excluding carboxylic acids is 1. The Kier molecular flexibility index (Phi) is 6.80. The zero-order valence-electron chi connectivity index (χ0n) is 15.4. The molecular weight excluding hydrogens is 348 g/mol. The van der Waals surface area contributed by atoms with E-state index in [0.717, 1.165) is 22.5 Å². The van der Waals surface area contributed by atoms with Gasteiger partial charge in [-0.1, -0.05) is 62.4 Å². The summed E-state index contributed by atoms with van der Waals surface area (Å²) < 4.78 is 25.4. The van der Waals surface area contributed by atoms with Gasteiger partial charge in [0.25, 0.3) is 0 Å². The predicted octanol–water partition coefficient (Wildman–Crippen LogP) is 3.36. The van der Waals surface area contributed by atoms with E-state index in [1.807, 2.05) is 30.3 Å². The molecule has 0 aliphatic rings. The molecule has 1 amide bonds. The molecule has 1 atom stereocenters. The average molecular weight is 375 g/mol. The van der Waals surface area contributed by atoms with Crippen molar-refractivity contribution in [1.82, 2.24) is 5.32 Å². The molecule has 1 unspecified atom stereocenters. The molecule has 0 aromatic heterocycles. The van der Waals surface area contributed by atoms with Gasteiger partial charge in [-0.3, -0.25) is 9.10 Å². The van der Waals surface area contributed by atoms with Crippen LogP contribution in [0.15, 0.2) is 60.7 Å². The van der Waals surface area contributed by atoms with Crippen molar-refractivity contribution in [1.29, 1.82) is 0 Å². The van der Waals surface area contributed by atoms with Crippen molar-refractivity contribution in [2.45, 2.75) is 26.3 Å². The molecule has 0 aliphatic heterocycles. The zero-order valence-corrected chi connectivity index (χ0v) is 16.2. The maximum absolute atomic E-state index is 12.6. The van der Waals surface area contributed by atoms with Gasteiger partial charge in [0.2, 0.25) is 15.9 Å². The molecule has 6 heteroatoms. The predicted molar refractivity (Wildman–Crippen MR) is 105 cm³/mol. The van der Waals surface area contributed by atoms with Crippen molar-refractivity contribution in [2.24, 2.45) is 5.92 Å². The monoisotopic (exact) mass is 374 g/mol. The highest BCUT2D eigenvalue weighted by molar-refractivity contribution is 7.92. The minimum atomic E-state index is -3.56. The number of amides is 1. The molecule has 1 N–H and O–H groups in total. The molecule has 0 saturated carbocycles. The van der Waals surface area contributed by atoms with Gasteiger partial charge in [0.1, 0.15) is 6.54 Å². The Morgan fingerprint density at radius 2 is 1.54 bits per heavy atom. The molecule has 2 rings (SSSR count). The molecule has 26 heavy (non-hydrogen) atoms. The molecular formula is C20H26N2O3S. The summed E-state index contributed by atoms with van der Waals surface area (Å²) in [6.45, 7) is 3.94. The minimum Gasteiger partial charge on any atom is -0.348 e. The lowest BCUT2D eigenvalue weighted by atomic mass is 9.97. The number of nitrogens with zero attached hydrogens (tertiary/aromatic N) is 1. The largest absolute Gasteiger partial charge is 0.348 e. The van der Waals surface area contributed by atoms with E-state index in [1.165, 1.54) is 0 Å². The van der Waals surface area contributed by atoms with Crippen molar-refractivity contribution in [3.8, 4) is 0 Å². The number of benzene rings is 2. The van der Waals surface area contributed by atoms with Gasteiger partial charge in [0.15, 0.2) is 0 Å². The second-order valence-electron chi connectivity index (χ2n) is 6.77. The van der Waals surface area contributed by atoms with Gasteiger partial charge in [-0.25, -0.2) is 8.42 Å². The van der Waals surface area contributed by atoms with E-state index in [0.29, 0.717) is 11.6 Å². The summed E-state index contributed by atoms with van der Waals surface area (Å²) in [5.41, 5.74) is 1.49. The molecule has 0 fully saturated rings. The highest BCUT2D eigenvalue weighted by Crippen LogP contribution is 2.22. The lowest BCUT2D eigenvalue weighted by molar-refractivity contribution is -0.120. The highest BCUT2D eigenvalue weighted by Gasteiger charge is 2.23.